The van der Waals surface area contributed by atoms with Gasteiger partial charge >= 0.3 is 0 Å². The SMILES string of the molecule is Cc1cccc(C(=O)Nc2cccc(NC(=O)c3cccnc3)c2)c1. The van der Waals surface area contributed by atoms with E-state index in [1.807, 2.05) is 25.1 Å². The number of nitrogens with one attached hydrogen (secondary N) is 2. The minimum absolute atomic E-state index is 0.195. The molecule has 0 aliphatic carbocycles. The van der Waals surface area contributed by atoms with Crippen LogP contribution in [0.2, 0.25) is 0 Å². The first kappa shape index (κ1) is 16.4. The molecule has 3 rings (SSSR count). The molecular formula is C20H17N3O2. The van der Waals surface area contributed by atoms with Crippen LogP contribution in [-0.4, -0.2) is 16.8 Å². The Hall–Kier alpha value is -3.47. The Kier molecular flexibility index (Phi) is 4.85. The number of amides is 2. The zero-order valence-corrected chi connectivity index (χ0v) is 13.7. The number of benzene rings is 2. The van der Waals surface area contributed by atoms with Crippen LogP contribution in [0.1, 0.15) is 26.3 Å². The molecule has 0 saturated heterocycles. The molecule has 0 atom stereocenters. The monoisotopic (exact) mass is 331 g/mol. The normalized spacial score (nSPS) is 10.1. The average molecular weight is 331 g/mol. The number of hydrogen-bond acceptors (Lipinski definition) is 3. The predicted molar refractivity (Wildman–Crippen MR) is 97.8 cm³/mol. The lowest BCUT2D eigenvalue weighted by atomic mass is 10.1. The van der Waals surface area contributed by atoms with Crippen molar-refractivity contribution in [3.63, 3.8) is 0 Å². The fourth-order valence-electron chi connectivity index (χ4n) is 2.36. The zero-order valence-electron chi connectivity index (χ0n) is 13.7. The van der Waals surface area contributed by atoms with Crippen LogP contribution in [0.25, 0.3) is 0 Å². The highest BCUT2D eigenvalue weighted by Gasteiger charge is 2.08. The van der Waals surface area contributed by atoms with Crippen molar-refractivity contribution in [2.24, 2.45) is 0 Å². The van der Waals surface area contributed by atoms with Crippen molar-refractivity contribution in [3.8, 4) is 0 Å². The molecule has 2 aromatic carbocycles. The largest absolute Gasteiger partial charge is 0.322 e. The van der Waals surface area contributed by atoms with Crippen molar-refractivity contribution in [2.75, 3.05) is 10.6 Å². The van der Waals surface area contributed by atoms with Crippen molar-refractivity contribution in [3.05, 3.63) is 89.7 Å². The highest BCUT2D eigenvalue weighted by atomic mass is 16.2. The number of aromatic nitrogens is 1. The average Bonchev–Trinajstić information content (AvgIpc) is 2.63. The third-order valence-corrected chi connectivity index (χ3v) is 3.58. The van der Waals surface area contributed by atoms with Gasteiger partial charge in [0.1, 0.15) is 0 Å². The highest BCUT2D eigenvalue weighted by Crippen LogP contribution is 2.17. The molecular weight excluding hydrogens is 314 g/mol. The first-order valence-electron chi connectivity index (χ1n) is 7.81. The topological polar surface area (TPSA) is 71.1 Å². The number of hydrogen-bond donors (Lipinski definition) is 2. The molecule has 0 bridgehead atoms. The number of anilines is 2. The van der Waals surface area contributed by atoms with E-state index in [1.54, 1.807) is 48.7 Å². The Labute approximate surface area is 145 Å². The van der Waals surface area contributed by atoms with Crippen molar-refractivity contribution in [1.82, 2.24) is 4.98 Å². The molecule has 0 spiro atoms. The third-order valence-electron chi connectivity index (χ3n) is 3.58. The van der Waals surface area contributed by atoms with E-state index in [1.165, 1.54) is 6.20 Å². The van der Waals surface area contributed by atoms with Gasteiger partial charge in [0.2, 0.25) is 0 Å². The Morgan fingerprint density at radius 1 is 0.800 bits per heavy atom. The summed E-state index contributed by atoms with van der Waals surface area (Å²) < 4.78 is 0. The Balaban J connectivity index is 1.71. The Bertz CT molecular complexity index is 908. The van der Waals surface area contributed by atoms with Gasteiger partial charge < -0.3 is 10.6 Å². The van der Waals surface area contributed by atoms with Crippen molar-refractivity contribution in [1.29, 1.82) is 0 Å². The summed E-state index contributed by atoms with van der Waals surface area (Å²) >= 11 is 0. The predicted octanol–water partition coefficient (Wildman–Crippen LogP) is 3.89. The summed E-state index contributed by atoms with van der Waals surface area (Å²) in [5, 5.41) is 5.63. The summed E-state index contributed by atoms with van der Waals surface area (Å²) in [7, 11) is 0. The van der Waals surface area contributed by atoms with Crippen LogP contribution >= 0.6 is 0 Å². The van der Waals surface area contributed by atoms with E-state index in [4.69, 9.17) is 0 Å². The minimum Gasteiger partial charge on any atom is -0.322 e. The number of nitrogens with zero attached hydrogens (tertiary/aromatic N) is 1. The molecule has 0 fully saturated rings. The van der Waals surface area contributed by atoms with E-state index in [9.17, 15) is 9.59 Å². The van der Waals surface area contributed by atoms with E-state index < -0.39 is 0 Å². The minimum atomic E-state index is -0.254. The molecule has 124 valence electrons. The first-order valence-corrected chi connectivity index (χ1v) is 7.81. The molecule has 25 heavy (non-hydrogen) atoms. The fraction of sp³-hybridized carbons (Fsp3) is 0.0500. The van der Waals surface area contributed by atoms with Crippen LogP contribution in [0.5, 0.6) is 0 Å². The standard InChI is InChI=1S/C20H17N3O2/c1-14-5-2-6-15(11-14)19(24)22-17-8-3-9-18(12-17)23-20(25)16-7-4-10-21-13-16/h2-13H,1H3,(H,22,24)(H,23,25). The number of aryl methyl sites for hydroxylation is 1. The maximum absolute atomic E-state index is 12.3. The Morgan fingerprint density at radius 3 is 2.08 bits per heavy atom. The van der Waals surface area contributed by atoms with Crippen LogP contribution in [0.15, 0.2) is 73.1 Å². The lowest BCUT2D eigenvalue weighted by Crippen LogP contribution is -2.14. The van der Waals surface area contributed by atoms with E-state index in [0.717, 1.165) is 5.56 Å². The second-order valence-corrected chi connectivity index (χ2v) is 5.60. The van der Waals surface area contributed by atoms with Gasteiger partial charge in [-0.1, -0.05) is 23.8 Å². The molecule has 0 aliphatic heterocycles. The molecule has 5 heteroatoms. The van der Waals surface area contributed by atoms with Gasteiger partial charge in [-0.2, -0.15) is 0 Å². The van der Waals surface area contributed by atoms with Crippen LogP contribution in [-0.2, 0) is 0 Å². The van der Waals surface area contributed by atoms with Gasteiger partial charge in [0.05, 0.1) is 5.56 Å². The van der Waals surface area contributed by atoms with Crippen LogP contribution in [0.4, 0.5) is 11.4 Å². The molecule has 1 heterocycles. The number of rotatable bonds is 4. The highest BCUT2D eigenvalue weighted by molar-refractivity contribution is 6.06. The molecule has 2 amide bonds. The van der Waals surface area contributed by atoms with Gasteiger partial charge in [-0.25, -0.2) is 0 Å². The lowest BCUT2D eigenvalue weighted by molar-refractivity contribution is 0.101. The van der Waals surface area contributed by atoms with Gasteiger partial charge in [0, 0.05) is 29.3 Å². The maximum Gasteiger partial charge on any atom is 0.257 e. The molecule has 5 nitrogen and oxygen atoms in total. The smallest absolute Gasteiger partial charge is 0.257 e. The quantitative estimate of drug-likeness (QED) is 0.762. The molecule has 0 unspecified atom stereocenters. The number of pyridine rings is 1. The van der Waals surface area contributed by atoms with E-state index in [2.05, 4.69) is 15.6 Å². The van der Waals surface area contributed by atoms with Gasteiger partial charge in [-0.3, -0.25) is 14.6 Å². The summed E-state index contributed by atoms with van der Waals surface area (Å²) in [6.45, 7) is 1.94. The molecule has 1 aromatic heterocycles. The first-order chi connectivity index (χ1) is 12.1. The molecule has 0 radical (unpaired) electrons. The van der Waals surface area contributed by atoms with Crippen molar-refractivity contribution in [2.45, 2.75) is 6.92 Å². The van der Waals surface area contributed by atoms with Crippen LogP contribution in [0.3, 0.4) is 0 Å². The van der Waals surface area contributed by atoms with E-state index in [0.29, 0.717) is 22.5 Å². The summed E-state index contributed by atoms with van der Waals surface area (Å²) in [5.41, 5.74) is 3.28. The lowest BCUT2D eigenvalue weighted by Gasteiger charge is -2.09. The maximum atomic E-state index is 12.3. The molecule has 0 saturated carbocycles. The zero-order chi connectivity index (χ0) is 17.6. The van der Waals surface area contributed by atoms with Crippen LogP contribution < -0.4 is 10.6 Å². The van der Waals surface area contributed by atoms with Gasteiger partial charge in [0.15, 0.2) is 0 Å². The third kappa shape index (κ3) is 4.29. The molecule has 0 aliphatic rings. The van der Waals surface area contributed by atoms with Gasteiger partial charge in [0.25, 0.3) is 11.8 Å². The van der Waals surface area contributed by atoms with Crippen molar-refractivity contribution < 1.29 is 9.59 Å². The summed E-state index contributed by atoms with van der Waals surface area (Å²) in [4.78, 5) is 28.4. The molecule has 3 aromatic rings. The Morgan fingerprint density at radius 2 is 1.44 bits per heavy atom. The number of carbonyl (C=O) groups excluding carboxylic acids is 2. The fourth-order valence-corrected chi connectivity index (χ4v) is 2.36. The van der Waals surface area contributed by atoms with Gasteiger partial charge in [-0.15, -0.1) is 0 Å². The molecule has 2 N–H and O–H groups in total. The van der Waals surface area contributed by atoms with Gasteiger partial charge in [-0.05, 0) is 49.4 Å². The van der Waals surface area contributed by atoms with Crippen LogP contribution in [0, 0.1) is 6.92 Å². The second kappa shape index (κ2) is 7.40. The number of carbonyl (C=O) groups is 2. The summed E-state index contributed by atoms with van der Waals surface area (Å²) in [6, 6.07) is 17.8. The summed E-state index contributed by atoms with van der Waals surface area (Å²) in [5.74, 6) is -0.449. The van der Waals surface area contributed by atoms with E-state index in [-0.39, 0.29) is 11.8 Å². The second-order valence-electron chi connectivity index (χ2n) is 5.60. The van der Waals surface area contributed by atoms with E-state index >= 15 is 0 Å². The summed E-state index contributed by atoms with van der Waals surface area (Å²) in [6.07, 6.45) is 3.11. The van der Waals surface area contributed by atoms with Crippen molar-refractivity contribution >= 4 is 23.2 Å².